The van der Waals surface area contributed by atoms with Crippen LogP contribution >= 0.6 is 0 Å². The Labute approximate surface area is 186 Å². The van der Waals surface area contributed by atoms with Gasteiger partial charge in [-0.15, -0.1) is 10.2 Å². The zero-order valence-electron chi connectivity index (χ0n) is 18.1. The molecule has 1 aromatic heterocycles. The molecule has 9 nitrogen and oxygen atoms in total. The molecule has 0 aliphatic carbocycles. The van der Waals surface area contributed by atoms with Gasteiger partial charge in [0.1, 0.15) is 11.5 Å². The van der Waals surface area contributed by atoms with Crippen molar-refractivity contribution in [3.63, 3.8) is 0 Å². The summed E-state index contributed by atoms with van der Waals surface area (Å²) in [6, 6.07) is 15.4. The fourth-order valence-corrected chi connectivity index (χ4v) is 3.70. The lowest BCUT2D eigenvalue weighted by atomic mass is 10.1. The van der Waals surface area contributed by atoms with E-state index in [1.165, 1.54) is 0 Å². The molecule has 3 aromatic rings. The van der Waals surface area contributed by atoms with Crippen molar-refractivity contribution in [2.75, 3.05) is 31.8 Å². The van der Waals surface area contributed by atoms with Crippen LogP contribution in [0.15, 0.2) is 48.5 Å². The number of aromatic nitrogens is 4. The SMILES string of the molecule is COCCCCN1C(=O)C(CCOc2ccccc2Cc2nn[nH]n2)Oc2ccccc21. The first-order valence-corrected chi connectivity index (χ1v) is 10.8. The van der Waals surface area contributed by atoms with Crippen LogP contribution in [-0.2, 0) is 16.0 Å². The van der Waals surface area contributed by atoms with Crippen LogP contribution in [0.25, 0.3) is 0 Å². The van der Waals surface area contributed by atoms with Crippen molar-refractivity contribution in [2.45, 2.75) is 31.8 Å². The van der Waals surface area contributed by atoms with Gasteiger partial charge in [0.2, 0.25) is 0 Å². The van der Waals surface area contributed by atoms with Crippen molar-refractivity contribution < 1.29 is 19.0 Å². The summed E-state index contributed by atoms with van der Waals surface area (Å²) in [5.41, 5.74) is 1.77. The van der Waals surface area contributed by atoms with Crippen molar-refractivity contribution >= 4 is 11.6 Å². The fraction of sp³-hybridized carbons (Fsp3) is 0.391. The third-order valence-electron chi connectivity index (χ3n) is 5.29. The molecule has 1 aliphatic rings. The lowest BCUT2D eigenvalue weighted by Gasteiger charge is -2.34. The van der Waals surface area contributed by atoms with Gasteiger partial charge in [-0.1, -0.05) is 35.5 Å². The number of aromatic amines is 1. The minimum atomic E-state index is -0.586. The number of carbonyl (C=O) groups is 1. The van der Waals surface area contributed by atoms with Gasteiger partial charge < -0.3 is 19.1 Å². The molecule has 1 aliphatic heterocycles. The number of methoxy groups -OCH3 is 1. The summed E-state index contributed by atoms with van der Waals surface area (Å²) in [6.07, 6.45) is 2.12. The third kappa shape index (κ3) is 5.23. The maximum absolute atomic E-state index is 13.2. The van der Waals surface area contributed by atoms with Crippen molar-refractivity contribution in [3.8, 4) is 11.5 Å². The number of unbranched alkanes of at least 4 members (excludes halogenated alkanes) is 1. The smallest absolute Gasteiger partial charge is 0.268 e. The number of hydrogen-bond acceptors (Lipinski definition) is 7. The van der Waals surface area contributed by atoms with Gasteiger partial charge in [-0.25, -0.2) is 0 Å². The molecule has 1 unspecified atom stereocenters. The molecular formula is C23H27N5O4. The van der Waals surface area contributed by atoms with E-state index in [2.05, 4.69) is 20.6 Å². The minimum absolute atomic E-state index is 0.0372. The molecule has 0 spiro atoms. The first-order valence-electron chi connectivity index (χ1n) is 10.8. The van der Waals surface area contributed by atoms with Gasteiger partial charge in [0.05, 0.1) is 12.3 Å². The lowest BCUT2D eigenvalue weighted by Crippen LogP contribution is -2.47. The van der Waals surface area contributed by atoms with Gasteiger partial charge in [0.15, 0.2) is 11.9 Å². The van der Waals surface area contributed by atoms with Crippen LogP contribution < -0.4 is 14.4 Å². The van der Waals surface area contributed by atoms with Crippen molar-refractivity contribution in [1.82, 2.24) is 20.6 Å². The van der Waals surface area contributed by atoms with Crippen LogP contribution in [0.4, 0.5) is 5.69 Å². The number of amides is 1. The Bertz CT molecular complexity index is 1010. The Balaban J connectivity index is 1.39. The molecule has 1 atom stereocenters. The van der Waals surface area contributed by atoms with Gasteiger partial charge in [-0.3, -0.25) is 4.79 Å². The number of anilines is 1. The molecule has 9 heteroatoms. The van der Waals surface area contributed by atoms with Crippen molar-refractivity contribution in [2.24, 2.45) is 0 Å². The summed E-state index contributed by atoms with van der Waals surface area (Å²) < 4.78 is 17.2. The van der Waals surface area contributed by atoms with Crippen LogP contribution in [0.3, 0.4) is 0 Å². The molecule has 0 saturated carbocycles. The maximum Gasteiger partial charge on any atom is 0.268 e. The van der Waals surface area contributed by atoms with Gasteiger partial charge in [0, 0.05) is 38.7 Å². The number of carbonyl (C=O) groups excluding carboxylic acids is 1. The highest BCUT2D eigenvalue weighted by Crippen LogP contribution is 2.34. The number of benzene rings is 2. The predicted molar refractivity (Wildman–Crippen MR) is 118 cm³/mol. The molecule has 0 saturated heterocycles. The molecule has 2 heterocycles. The van der Waals surface area contributed by atoms with E-state index in [1.54, 1.807) is 7.11 Å². The van der Waals surface area contributed by atoms with E-state index in [1.807, 2.05) is 53.4 Å². The number of tetrazole rings is 1. The zero-order chi connectivity index (χ0) is 22.2. The number of rotatable bonds is 11. The average Bonchev–Trinajstić information content (AvgIpc) is 3.33. The van der Waals surface area contributed by atoms with Gasteiger partial charge in [-0.2, -0.15) is 5.21 Å². The quantitative estimate of drug-likeness (QED) is 0.460. The van der Waals surface area contributed by atoms with E-state index in [-0.39, 0.29) is 5.91 Å². The normalized spacial score (nSPS) is 15.3. The Morgan fingerprint density at radius 2 is 1.94 bits per heavy atom. The van der Waals surface area contributed by atoms with Gasteiger partial charge >= 0.3 is 0 Å². The highest BCUT2D eigenvalue weighted by Gasteiger charge is 2.33. The molecule has 0 fully saturated rings. The number of hydrogen-bond donors (Lipinski definition) is 1. The topological polar surface area (TPSA) is 102 Å². The molecule has 168 valence electrons. The molecule has 1 N–H and O–H groups in total. The maximum atomic E-state index is 13.2. The molecule has 0 radical (unpaired) electrons. The second-order valence-electron chi connectivity index (χ2n) is 7.51. The highest BCUT2D eigenvalue weighted by molar-refractivity contribution is 6.00. The summed E-state index contributed by atoms with van der Waals surface area (Å²) in [5.74, 6) is 2.01. The summed E-state index contributed by atoms with van der Waals surface area (Å²) >= 11 is 0. The number of para-hydroxylation sites is 3. The van der Waals surface area contributed by atoms with Crippen molar-refractivity contribution in [1.29, 1.82) is 0 Å². The summed E-state index contributed by atoms with van der Waals surface area (Å²) in [7, 11) is 1.69. The average molecular weight is 438 g/mol. The standard InChI is InChI=1S/C23H27N5O4/c1-30-14-7-6-13-28-18-9-3-5-11-20(18)32-21(23(28)29)12-15-31-19-10-4-2-8-17(19)16-22-24-26-27-25-22/h2-5,8-11,21H,6-7,12-16H2,1H3,(H,24,25,26,27). The number of H-pyrrole nitrogens is 1. The number of nitrogens with zero attached hydrogens (tertiary/aromatic N) is 4. The molecule has 4 rings (SSSR count). The van der Waals surface area contributed by atoms with Crippen LogP contribution in [0.2, 0.25) is 0 Å². The first kappa shape index (κ1) is 21.8. The third-order valence-corrected chi connectivity index (χ3v) is 5.29. The Kier molecular flexibility index (Phi) is 7.29. The summed E-state index contributed by atoms with van der Waals surface area (Å²) in [5, 5.41) is 14.1. The highest BCUT2D eigenvalue weighted by atomic mass is 16.5. The Hall–Kier alpha value is -3.46. The van der Waals surface area contributed by atoms with E-state index in [0.29, 0.717) is 38.4 Å². The van der Waals surface area contributed by atoms with Gasteiger partial charge in [0.25, 0.3) is 5.91 Å². The van der Waals surface area contributed by atoms with Gasteiger partial charge in [-0.05, 0) is 31.0 Å². The van der Waals surface area contributed by atoms with Crippen LogP contribution in [-0.4, -0.2) is 59.5 Å². The van der Waals surface area contributed by atoms with E-state index in [4.69, 9.17) is 14.2 Å². The van der Waals surface area contributed by atoms with Crippen LogP contribution in [0.1, 0.15) is 30.7 Å². The fourth-order valence-electron chi connectivity index (χ4n) is 3.70. The number of nitrogens with one attached hydrogen (secondary N) is 1. The lowest BCUT2D eigenvalue weighted by molar-refractivity contribution is -0.127. The Morgan fingerprint density at radius 1 is 1.09 bits per heavy atom. The molecule has 32 heavy (non-hydrogen) atoms. The second-order valence-corrected chi connectivity index (χ2v) is 7.51. The zero-order valence-corrected chi connectivity index (χ0v) is 18.1. The number of ether oxygens (including phenoxy) is 3. The first-order chi connectivity index (χ1) is 15.8. The van der Waals surface area contributed by atoms with E-state index >= 15 is 0 Å². The van der Waals surface area contributed by atoms with Crippen molar-refractivity contribution in [3.05, 3.63) is 59.9 Å². The molecule has 0 bridgehead atoms. The predicted octanol–water partition coefficient (Wildman–Crippen LogP) is 2.78. The van der Waals surface area contributed by atoms with E-state index in [0.717, 1.165) is 35.6 Å². The largest absolute Gasteiger partial charge is 0.493 e. The summed E-state index contributed by atoms with van der Waals surface area (Å²) in [4.78, 5) is 15.0. The van der Waals surface area contributed by atoms with E-state index in [9.17, 15) is 4.79 Å². The second kappa shape index (κ2) is 10.7. The van der Waals surface area contributed by atoms with Crippen LogP contribution in [0.5, 0.6) is 11.5 Å². The monoisotopic (exact) mass is 437 g/mol. The van der Waals surface area contributed by atoms with E-state index < -0.39 is 6.10 Å². The van der Waals surface area contributed by atoms with Crippen LogP contribution in [0, 0.1) is 0 Å². The molecule has 2 aromatic carbocycles. The molecule has 1 amide bonds. The number of fused-ring (bicyclic) bond motifs is 1. The molecular weight excluding hydrogens is 410 g/mol. The Morgan fingerprint density at radius 3 is 2.78 bits per heavy atom. The minimum Gasteiger partial charge on any atom is -0.493 e. The summed E-state index contributed by atoms with van der Waals surface area (Å²) in [6.45, 7) is 1.66.